The van der Waals surface area contributed by atoms with Crippen LogP contribution in [0.4, 0.5) is 0 Å². The average molecular weight is 250 g/mol. The molecule has 2 N–H and O–H groups in total. The molecule has 0 unspecified atom stereocenters. The Hall–Kier alpha value is -0.930. The van der Waals surface area contributed by atoms with Gasteiger partial charge in [0.2, 0.25) is 0 Å². The van der Waals surface area contributed by atoms with Crippen molar-refractivity contribution in [3.63, 3.8) is 0 Å². The van der Waals surface area contributed by atoms with E-state index in [0.29, 0.717) is 10.9 Å². The van der Waals surface area contributed by atoms with Crippen LogP contribution >= 0.6 is 12.2 Å². The first kappa shape index (κ1) is 14.1. The van der Waals surface area contributed by atoms with Crippen molar-refractivity contribution < 1.29 is 0 Å². The molecule has 0 bridgehead atoms. The van der Waals surface area contributed by atoms with E-state index in [0.717, 1.165) is 25.2 Å². The smallest absolute Gasteiger partial charge is 0.104 e. The maximum absolute atomic E-state index is 5.75. The van der Waals surface area contributed by atoms with Gasteiger partial charge in [-0.3, -0.25) is 4.90 Å². The second-order valence-corrected chi connectivity index (χ2v) is 5.18. The molecule has 0 radical (unpaired) electrons. The fourth-order valence-corrected chi connectivity index (χ4v) is 2.16. The van der Waals surface area contributed by atoms with Gasteiger partial charge in [-0.05, 0) is 18.0 Å². The van der Waals surface area contributed by atoms with Gasteiger partial charge in [-0.25, -0.2) is 0 Å². The lowest BCUT2D eigenvalue weighted by molar-refractivity contribution is 0.248. The highest BCUT2D eigenvalue weighted by atomic mass is 32.1. The standard InChI is InChI=1S/C14H22N2S/c1-4-16(9-11(2)3)10-12-7-5-6-8-13(12)14(15)17/h5-8,11H,4,9-10H2,1-3H3,(H2,15,17). The van der Waals surface area contributed by atoms with Gasteiger partial charge in [-0.2, -0.15) is 0 Å². The summed E-state index contributed by atoms with van der Waals surface area (Å²) < 4.78 is 0. The van der Waals surface area contributed by atoms with Crippen LogP contribution in [0.2, 0.25) is 0 Å². The molecule has 1 aromatic rings. The number of hydrogen-bond acceptors (Lipinski definition) is 2. The lowest BCUT2D eigenvalue weighted by Gasteiger charge is -2.23. The summed E-state index contributed by atoms with van der Waals surface area (Å²) in [5.41, 5.74) is 7.97. The van der Waals surface area contributed by atoms with Gasteiger partial charge in [0.1, 0.15) is 4.99 Å². The zero-order valence-electron chi connectivity index (χ0n) is 10.9. The minimum absolute atomic E-state index is 0.487. The van der Waals surface area contributed by atoms with Gasteiger partial charge in [0.05, 0.1) is 0 Å². The first-order valence-corrected chi connectivity index (χ1v) is 6.55. The number of nitrogens with zero attached hydrogens (tertiary/aromatic N) is 1. The molecular formula is C14H22N2S. The molecule has 0 aliphatic carbocycles. The fraction of sp³-hybridized carbons (Fsp3) is 0.500. The number of thiocarbonyl (C=S) groups is 1. The van der Waals surface area contributed by atoms with E-state index in [-0.39, 0.29) is 0 Å². The average Bonchev–Trinajstić information content (AvgIpc) is 2.28. The molecule has 0 amide bonds. The van der Waals surface area contributed by atoms with E-state index in [1.54, 1.807) is 0 Å². The minimum atomic E-state index is 0.487. The molecule has 0 spiro atoms. The van der Waals surface area contributed by atoms with E-state index in [1.807, 2.05) is 18.2 Å². The molecule has 0 aliphatic rings. The summed E-state index contributed by atoms with van der Waals surface area (Å²) in [7, 11) is 0. The molecule has 17 heavy (non-hydrogen) atoms. The van der Waals surface area contributed by atoms with Crippen LogP contribution < -0.4 is 5.73 Å². The van der Waals surface area contributed by atoms with Gasteiger partial charge in [0, 0.05) is 18.7 Å². The SMILES string of the molecule is CCN(Cc1ccccc1C(N)=S)CC(C)C. The fourth-order valence-electron chi connectivity index (χ4n) is 1.96. The van der Waals surface area contributed by atoms with Crippen molar-refractivity contribution in [2.24, 2.45) is 11.7 Å². The van der Waals surface area contributed by atoms with Crippen LogP contribution in [0.5, 0.6) is 0 Å². The highest BCUT2D eigenvalue weighted by molar-refractivity contribution is 7.80. The Morgan fingerprint density at radius 2 is 2.00 bits per heavy atom. The molecule has 0 aromatic heterocycles. The first-order chi connectivity index (χ1) is 8.04. The van der Waals surface area contributed by atoms with Crippen molar-refractivity contribution in [2.45, 2.75) is 27.3 Å². The number of nitrogens with two attached hydrogens (primary N) is 1. The van der Waals surface area contributed by atoms with Crippen LogP contribution in [-0.4, -0.2) is 23.0 Å². The molecular weight excluding hydrogens is 228 g/mol. The molecule has 0 atom stereocenters. The van der Waals surface area contributed by atoms with Crippen molar-refractivity contribution in [1.82, 2.24) is 4.90 Å². The third kappa shape index (κ3) is 4.44. The summed E-state index contributed by atoms with van der Waals surface area (Å²) >= 11 is 5.09. The Balaban J connectivity index is 2.82. The van der Waals surface area contributed by atoms with Crippen LogP contribution in [0.15, 0.2) is 24.3 Å². The number of benzene rings is 1. The lowest BCUT2D eigenvalue weighted by Crippen LogP contribution is -2.28. The molecule has 0 fully saturated rings. The Labute approximate surface area is 110 Å². The van der Waals surface area contributed by atoms with E-state index in [1.165, 1.54) is 5.56 Å². The molecule has 0 aliphatic heterocycles. The van der Waals surface area contributed by atoms with Gasteiger partial charge in [-0.1, -0.05) is 57.3 Å². The Morgan fingerprint density at radius 1 is 1.35 bits per heavy atom. The van der Waals surface area contributed by atoms with E-state index in [9.17, 15) is 0 Å². The predicted octanol–water partition coefficient (Wildman–Crippen LogP) is 2.80. The monoisotopic (exact) mass is 250 g/mol. The molecule has 0 saturated carbocycles. The van der Waals surface area contributed by atoms with Crippen LogP contribution in [0.3, 0.4) is 0 Å². The summed E-state index contributed by atoms with van der Waals surface area (Å²) in [6.07, 6.45) is 0. The molecule has 3 heteroatoms. The lowest BCUT2D eigenvalue weighted by atomic mass is 10.1. The van der Waals surface area contributed by atoms with Crippen molar-refractivity contribution in [2.75, 3.05) is 13.1 Å². The van der Waals surface area contributed by atoms with Gasteiger partial charge < -0.3 is 5.73 Å². The summed E-state index contributed by atoms with van der Waals surface area (Å²) in [4.78, 5) is 2.91. The Morgan fingerprint density at radius 3 is 2.53 bits per heavy atom. The van der Waals surface area contributed by atoms with Gasteiger partial charge in [-0.15, -0.1) is 0 Å². The molecule has 1 aromatic carbocycles. The maximum Gasteiger partial charge on any atom is 0.104 e. The van der Waals surface area contributed by atoms with Crippen LogP contribution in [0, 0.1) is 5.92 Å². The normalized spacial score (nSPS) is 11.1. The summed E-state index contributed by atoms with van der Waals surface area (Å²) in [6.45, 7) is 9.73. The second-order valence-electron chi connectivity index (χ2n) is 4.74. The maximum atomic E-state index is 5.75. The van der Waals surface area contributed by atoms with Gasteiger partial charge >= 0.3 is 0 Å². The van der Waals surface area contributed by atoms with Gasteiger partial charge in [0.25, 0.3) is 0 Å². The highest BCUT2D eigenvalue weighted by Gasteiger charge is 2.10. The highest BCUT2D eigenvalue weighted by Crippen LogP contribution is 2.12. The Kier molecular flexibility index (Phi) is 5.59. The van der Waals surface area contributed by atoms with E-state index in [2.05, 4.69) is 31.7 Å². The quantitative estimate of drug-likeness (QED) is 0.787. The van der Waals surface area contributed by atoms with E-state index >= 15 is 0 Å². The molecule has 0 saturated heterocycles. The predicted molar refractivity (Wildman–Crippen MR) is 78.1 cm³/mol. The Bertz CT molecular complexity index is 374. The molecule has 2 nitrogen and oxygen atoms in total. The van der Waals surface area contributed by atoms with Crippen molar-refractivity contribution in [3.8, 4) is 0 Å². The van der Waals surface area contributed by atoms with Crippen LogP contribution in [0.25, 0.3) is 0 Å². The third-order valence-electron chi connectivity index (χ3n) is 2.75. The molecule has 94 valence electrons. The number of rotatable bonds is 6. The molecule has 0 heterocycles. The molecule has 1 rings (SSSR count). The third-order valence-corrected chi connectivity index (χ3v) is 2.97. The summed E-state index contributed by atoms with van der Waals surface area (Å²) in [5.74, 6) is 0.673. The van der Waals surface area contributed by atoms with Crippen molar-refractivity contribution >= 4 is 17.2 Å². The topological polar surface area (TPSA) is 29.3 Å². The van der Waals surface area contributed by atoms with Gasteiger partial charge in [0.15, 0.2) is 0 Å². The second kappa shape index (κ2) is 6.72. The van der Waals surface area contributed by atoms with Crippen molar-refractivity contribution in [3.05, 3.63) is 35.4 Å². The summed E-state index contributed by atoms with van der Waals surface area (Å²) in [5, 5.41) is 0. The largest absolute Gasteiger partial charge is 0.389 e. The zero-order chi connectivity index (χ0) is 12.8. The zero-order valence-corrected chi connectivity index (χ0v) is 11.8. The number of hydrogen-bond donors (Lipinski definition) is 1. The first-order valence-electron chi connectivity index (χ1n) is 6.14. The minimum Gasteiger partial charge on any atom is -0.389 e. The van der Waals surface area contributed by atoms with E-state index in [4.69, 9.17) is 18.0 Å². The summed E-state index contributed by atoms with van der Waals surface area (Å²) in [6, 6.07) is 8.13. The van der Waals surface area contributed by atoms with Crippen LogP contribution in [0.1, 0.15) is 31.9 Å². The van der Waals surface area contributed by atoms with E-state index < -0.39 is 0 Å². The van der Waals surface area contributed by atoms with Crippen molar-refractivity contribution in [1.29, 1.82) is 0 Å². The van der Waals surface area contributed by atoms with Crippen LogP contribution in [-0.2, 0) is 6.54 Å².